The molecule has 0 saturated heterocycles. The standard InChI is InChI=1S/C28H14O8/c29-25-19-11-17(23(13-21(19)27(31)35-25)33-15-7-3-1-4-8-15)18-12-20-22(28(32)36-26(20)30)14-24(18)34-16-9-5-2-6-10-16/h1-14H. The van der Waals surface area contributed by atoms with Gasteiger partial charge in [-0.1, -0.05) is 36.4 Å². The van der Waals surface area contributed by atoms with E-state index in [0.717, 1.165) is 0 Å². The topological polar surface area (TPSA) is 105 Å². The molecule has 2 aliphatic heterocycles. The number of benzene rings is 4. The maximum Gasteiger partial charge on any atom is 0.347 e. The Morgan fingerprint density at radius 1 is 0.417 bits per heavy atom. The number of carbonyl (C=O) groups excluding carboxylic acids is 4. The number of carbonyl (C=O) groups is 4. The molecule has 0 amide bonds. The molecule has 0 spiro atoms. The second-order valence-corrected chi connectivity index (χ2v) is 7.97. The number of esters is 4. The molecule has 8 heteroatoms. The van der Waals surface area contributed by atoms with Crippen LogP contribution in [0.2, 0.25) is 0 Å². The first kappa shape index (κ1) is 21.3. The van der Waals surface area contributed by atoms with E-state index in [2.05, 4.69) is 0 Å². The van der Waals surface area contributed by atoms with Gasteiger partial charge in [0, 0.05) is 11.1 Å². The predicted octanol–water partition coefficient (Wildman–Crippen LogP) is 5.56. The predicted molar refractivity (Wildman–Crippen MR) is 124 cm³/mol. The van der Waals surface area contributed by atoms with Gasteiger partial charge in [-0.3, -0.25) is 0 Å². The van der Waals surface area contributed by atoms with Crippen molar-refractivity contribution in [3.63, 3.8) is 0 Å². The minimum Gasteiger partial charge on any atom is -0.457 e. The van der Waals surface area contributed by atoms with E-state index < -0.39 is 23.9 Å². The average Bonchev–Trinajstić information content (AvgIpc) is 3.32. The fourth-order valence-electron chi connectivity index (χ4n) is 4.04. The van der Waals surface area contributed by atoms with Gasteiger partial charge in [0.25, 0.3) is 0 Å². The molecule has 0 saturated carbocycles. The van der Waals surface area contributed by atoms with Crippen molar-refractivity contribution in [2.75, 3.05) is 0 Å². The Morgan fingerprint density at radius 2 is 0.750 bits per heavy atom. The largest absolute Gasteiger partial charge is 0.457 e. The van der Waals surface area contributed by atoms with E-state index in [1.807, 2.05) is 12.1 Å². The van der Waals surface area contributed by atoms with Crippen molar-refractivity contribution in [1.29, 1.82) is 0 Å². The highest BCUT2D eigenvalue weighted by Gasteiger charge is 2.35. The summed E-state index contributed by atoms with van der Waals surface area (Å²) in [7, 11) is 0. The van der Waals surface area contributed by atoms with Gasteiger partial charge in [-0.15, -0.1) is 0 Å². The number of fused-ring (bicyclic) bond motifs is 2. The molecular formula is C28H14O8. The highest BCUT2D eigenvalue weighted by Crippen LogP contribution is 2.44. The molecule has 2 aliphatic rings. The summed E-state index contributed by atoms with van der Waals surface area (Å²) in [5.74, 6) is -1.82. The van der Waals surface area contributed by atoms with Crippen molar-refractivity contribution in [3.05, 3.63) is 107 Å². The molecule has 0 radical (unpaired) electrons. The van der Waals surface area contributed by atoms with Gasteiger partial charge in [0.05, 0.1) is 22.3 Å². The van der Waals surface area contributed by atoms with Gasteiger partial charge >= 0.3 is 23.9 Å². The zero-order valence-corrected chi connectivity index (χ0v) is 18.3. The molecule has 0 bridgehead atoms. The second-order valence-electron chi connectivity index (χ2n) is 7.97. The number of para-hydroxylation sites is 2. The van der Waals surface area contributed by atoms with Gasteiger partial charge in [0.1, 0.15) is 23.0 Å². The first-order chi connectivity index (χ1) is 17.5. The van der Waals surface area contributed by atoms with Crippen molar-refractivity contribution in [1.82, 2.24) is 0 Å². The van der Waals surface area contributed by atoms with Crippen molar-refractivity contribution in [2.24, 2.45) is 0 Å². The second kappa shape index (κ2) is 8.21. The summed E-state index contributed by atoms with van der Waals surface area (Å²) in [6.45, 7) is 0. The van der Waals surface area contributed by atoms with Gasteiger partial charge in [0.15, 0.2) is 0 Å². The summed E-state index contributed by atoms with van der Waals surface area (Å²) < 4.78 is 21.7. The van der Waals surface area contributed by atoms with Crippen molar-refractivity contribution in [2.45, 2.75) is 0 Å². The molecule has 0 atom stereocenters. The first-order valence-electron chi connectivity index (χ1n) is 10.8. The summed E-state index contributed by atoms with van der Waals surface area (Å²) in [6.07, 6.45) is 0. The van der Waals surface area contributed by atoms with E-state index in [1.54, 1.807) is 48.5 Å². The maximum absolute atomic E-state index is 12.4. The fourth-order valence-corrected chi connectivity index (χ4v) is 4.04. The molecule has 0 aliphatic carbocycles. The SMILES string of the molecule is O=C1OC(=O)c2cc(-c3cc4c(cc3Oc3ccccc3)C(=O)OC4=O)c(Oc3ccccc3)cc21. The van der Waals surface area contributed by atoms with Crippen LogP contribution >= 0.6 is 0 Å². The first-order valence-corrected chi connectivity index (χ1v) is 10.8. The molecule has 0 unspecified atom stereocenters. The Bertz CT molecular complexity index is 1470. The highest BCUT2D eigenvalue weighted by molar-refractivity contribution is 6.17. The summed E-state index contributed by atoms with van der Waals surface area (Å²) in [5.41, 5.74) is 0.864. The molecule has 6 rings (SSSR count). The lowest BCUT2D eigenvalue weighted by Crippen LogP contribution is -2.00. The third-order valence-corrected chi connectivity index (χ3v) is 5.72. The van der Waals surface area contributed by atoms with E-state index in [0.29, 0.717) is 22.6 Å². The Morgan fingerprint density at radius 3 is 1.11 bits per heavy atom. The molecule has 2 heterocycles. The van der Waals surface area contributed by atoms with Gasteiger partial charge in [-0.05, 0) is 48.5 Å². The fraction of sp³-hybridized carbons (Fsp3) is 0. The zero-order chi connectivity index (χ0) is 24.8. The Labute approximate surface area is 203 Å². The maximum atomic E-state index is 12.4. The summed E-state index contributed by atoms with van der Waals surface area (Å²) >= 11 is 0. The lowest BCUT2D eigenvalue weighted by molar-refractivity contribution is 0.0425. The van der Waals surface area contributed by atoms with Crippen LogP contribution in [0.15, 0.2) is 84.9 Å². The summed E-state index contributed by atoms with van der Waals surface area (Å²) in [4.78, 5) is 49.2. The van der Waals surface area contributed by atoms with Crippen LogP contribution in [0.4, 0.5) is 0 Å². The van der Waals surface area contributed by atoms with Crippen LogP contribution < -0.4 is 9.47 Å². The molecular weight excluding hydrogens is 464 g/mol. The summed E-state index contributed by atoms with van der Waals surface area (Å²) in [5, 5.41) is 0. The van der Waals surface area contributed by atoms with Gasteiger partial charge in [-0.25, -0.2) is 19.2 Å². The van der Waals surface area contributed by atoms with Crippen LogP contribution in [0, 0.1) is 0 Å². The third-order valence-electron chi connectivity index (χ3n) is 5.72. The Hall–Kier alpha value is -5.24. The number of hydrogen-bond donors (Lipinski definition) is 0. The lowest BCUT2D eigenvalue weighted by atomic mass is 9.95. The van der Waals surface area contributed by atoms with Gasteiger partial charge < -0.3 is 18.9 Å². The van der Waals surface area contributed by atoms with Crippen LogP contribution in [-0.4, -0.2) is 23.9 Å². The van der Waals surface area contributed by atoms with Crippen molar-refractivity contribution < 1.29 is 38.1 Å². The number of rotatable bonds is 5. The summed E-state index contributed by atoms with van der Waals surface area (Å²) in [6, 6.07) is 23.4. The van der Waals surface area contributed by atoms with Crippen LogP contribution in [0.5, 0.6) is 23.0 Å². The van der Waals surface area contributed by atoms with E-state index in [-0.39, 0.29) is 33.8 Å². The van der Waals surface area contributed by atoms with E-state index in [1.165, 1.54) is 24.3 Å². The Balaban J connectivity index is 1.59. The third kappa shape index (κ3) is 3.57. The molecule has 0 N–H and O–H groups in total. The molecule has 4 aromatic rings. The van der Waals surface area contributed by atoms with Crippen LogP contribution in [0.1, 0.15) is 41.4 Å². The monoisotopic (exact) mass is 478 g/mol. The molecule has 4 aromatic carbocycles. The lowest BCUT2D eigenvalue weighted by Gasteiger charge is -2.17. The van der Waals surface area contributed by atoms with E-state index >= 15 is 0 Å². The number of hydrogen-bond acceptors (Lipinski definition) is 8. The minimum absolute atomic E-state index is 0.0419. The van der Waals surface area contributed by atoms with E-state index in [4.69, 9.17) is 18.9 Å². The minimum atomic E-state index is -0.802. The highest BCUT2D eigenvalue weighted by atomic mass is 16.6. The van der Waals surface area contributed by atoms with E-state index in [9.17, 15) is 19.2 Å². The number of cyclic esters (lactones) is 4. The molecule has 174 valence electrons. The van der Waals surface area contributed by atoms with Gasteiger partial charge in [0.2, 0.25) is 0 Å². The van der Waals surface area contributed by atoms with Crippen LogP contribution in [0.25, 0.3) is 11.1 Å². The van der Waals surface area contributed by atoms with Crippen molar-refractivity contribution in [3.8, 4) is 34.1 Å². The van der Waals surface area contributed by atoms with Crippen LogP contribution in [-0.2, 0) is 9.47 Å². The normalized spacial score (nSPS) is 13.7. The zero-order valence-electron chi connectivity index (χ0n) is 18.3. The van der Waals surface area contributed by atoms with Crippen molar-refractivity contribution >= 4 is 23.9 Å². The van der Waals surface area contributed by atoms with Crippen LogP contribution in [0.3, 0.4) is 0 Å². The van der Waals surface area contributed by atoms with Gasteiger partial charge in [-0.2, -0.15) is 0 Å². The molecule has 8 nitrogen and oxygen atoms in total. The molecule has 0 aromatic heterocycles. The molecule has 0 fully saturated rings. The molecule has 36 heavy (non-hydrogen) atoms. The smallest absolute Gasteiger partial charge is 0.347 e. The number of ether oxygens (including phenoxy) is 4. The average molecular weight is 478 g/mol. The Kier molecular flexibility index (Phi) is 4.86. The quantitative estimate of drug-likeness (QED) is 0.271.